The summed E-state index contributed by atoms with van der Waals surface area (Å²) in [4.78, 5) is 13.2. The second kappa shape index (κ2) is 12.3. The molecule has 0 fully saturated rings. The molecule has 0 aliphatic heterocycles. The van der Waals surface area contributed by atoms with Crippen molar-refractivity contribution in [3.8, 4) is 0 Å². The van der Waals surface area contributed by atoms with Crippen molar-refractivity contribution in [1.29, 1.82) is 5.41 Å². The molecular weight excluding hydrogens is 450 g/mol. The summed E-state index contributed by atoms with van der Waals surface area (Å²) in [6, 6.07) is 9.76. The largest absolute Gasteiger partial charge is 0.402 e. The first-order valence-corrected chi connectivity index (χ1v) is 11.8. The Morgan fingerprint density at radius 2 is 1.94 bits per heavy atom. The fourth-order valence-electron chi connectivity index (χ4n) is 4.07. The lowest BCUT2D eigenvalue weighted by Crippen LogP contribution is -2.45. The Bertz CT molecular complexity index is 1180. The predicted molar refractivity (Wildman–Crippen MR) is 134 cm³/mol. The molecule has 0 saturated carbocycles. The van der Waals surface area contributed by atoms with E-state index < -0.39 is 23.8 Å². The lowest BCUT2D eigenvalue weighted by molar-refractivity contribution is 0.0815. The molecule has 1 aromatic heterocycles. The maximum Gasteiger partial charge on any atom is 0.251 e. The normalized spacial score (nSPS) is 13.5. The Morgan fingerprint density at radius 3 is 2.63 bits per heavy atom. The van der Waals surface area contributed by atoms with Gasteiger partial charge in [0.15, 0.2) is 0 Å². The zero-order valence-electron chi connectivity index (χ0n) is 19.8. The van der Waals surface area contributed by atoms with Crippen LogP contribution in [-0.4, -0.2) is 33.9 Å². The molecule has 0 spiro atoms. The van der Waals surface area contributed by atoms with Gasteiger partial charge in [-0.05, 0) is 73.0 Å². The van der Waals surface area contributed by atoms with Crippen LogP contribution >= 0.6 is 0 Å². The summed E-state index contributed by atoms with van der Waals surface area (Å²) in [5.74, 6) is -1.84. The van der Waals surface area contributed by atoms with E-state index in [1.807, 2.05) is 24.4 Å². The molecule has 0 saturated heterocycles. The van der Waals surface area contributed by atoms with Crippen molar-refractivity contribution >= 4 is 23.0 Å². The first-order valence-electron chi connectivity index (χ1n) is 11.8. The van der Waals surface area contributed by atoms with Crippen LogP contribution in [0.3, 0.4) is 0 Å². The average Bonchev–Trinajstić information content (AvgIpc) is 3.22. The summed E-state index contributed by atoms with van der Waals surface area (Å²) in [5, 5.41) is 21.8. The van der Waals surface area contributed by atoms with Crippen LogP contribution in [0.15, 0.2) is 60.4 Å². The van der Waals surface area contributed by atoms with E-state index in [1.165, 1.54) is 18.2 Å². The summed E-state index contributed by atoms with van der Waals surface area (Å²) in [7, 11) is 0. The number of aliphatic hydroxyl groups excluding tert-OH is 1. The summed E-state index contributed by atoms with van der Waals surface area (Å²) < 4.78 is 29.6. The van der Waals surface area contributed by atoms with Crippen LogP contribution in [0.25, 0.3) is 10.9 Å². The number of nitrogens with two attached hydrogens (primary N) is 1. The van der Waals surface area contributed by atoms with E-state index in [0.717, 1.165) is 42.6 Å². The van der Waals surface area contributed by atoms with Gasteiger partial charge in [-0.25, -0.2) is 8.78 Å². The molecule has 0 aliphatic rings. The van der Waals surface area contributed by atoms with Crippen LogP contribution in [-0.2, 0) is 13.0 Å². The molecule has 5 N–H and O–H groups in total. The molecule has 0 bridgehead atoms. The Hall–Kier alpha value is -3.52. The second-order valence-corrected chi connectivity index (χ2v) is 8.71. The number of allylic oxidation sites excluding steroid dienone is 2. The highest BCUT2D eigenvalue weighted by molar-refractivity contribution is 5.98. The standard InChI is InChI=1S/C27H32F2N4O2/c1-2-3-11-33-12-9-19-4-5-20(16-25(19)33)27(35)32-24(26(34)7-6-23(31)8-10-30)15-18-13-21(28)17-22(29)14-18/h4-5,8-10,12-14,16-17,24,26,30,34H,2-3,6-7,11,15,31H2,1H3,(H,32,35)/b23-8-,30-10?. The smallest absolute Gasteiger partial charge is 0.251 e. The van der Waals surface area contributed by atoms with Gasteiger partial charge in [0, 0.05) is 41.8 Å². The van der Waals surface area contributed by atoms with Crippen LogP contribution in [0.2, 0.25) is 0 Å². The Morgan fingerprint density at radius 1 is 1.20 bits per heavy atom. The lowest BCUT2D eigenvalue weighted by Gasteiger charge is -2.25. The number of halogens is 2. The molecule has 2 unspecified atom stereocenters. The molecule has 35 heavy (non-hydrogen) atoms. The van der Waals surface area contributed by atoms with Gasteiger partial charge in [0.2, 0.25) is 0 Å². The Balaban J connectivity index is 1.82. The van der Waals surface area contributed by atoms with Gasteiger partial charge in [-0.15, -0.1) is 0 Å². The van der Waals surface area contributed by atoms with Gasteiger partial charge < -0.3 is 26.1 Å². The van der Waals surface area contributed by atoms with Crippen molar-refractivity contribution in [3.63, 3.8) is 0 Å². The van der Waals surface area contributed by atoms with Crippen molar-refractivity contribution < 1.29 is 18.7 Å². The molecule has 1 amide bonds. The SMILES string of the molecule is CCCCn1ccc2ccc(C(=O)NC(Cc3cc(F)cc(F)c3)C(O)CC/C(N)=C/C=N)cc21. The van der Waals surface area contributed by atoms with E-state index in [4.69, 9.17) is 11.1 Å². The minimum atomic E-state index is -1.03. The number of aliphatic hydroxyl groups is 1. The summed E-state index contributed by atoms with van der Waals surface area (Å²) >= 11 is 0. The van der Waals surface area contributed by atoms with Gasteiger partial charge in [0.1, 0.15) is 11.6 Å². The number of unbranched alkanes of at least 4 members (excludes halogenated alkanes) is 1. The minimum absolute atomic E-state index is 0.0326. The molecular formula is C27H32F2N4O2. The highest BCUT2D eigenvalue weighted by atomic mass is 19.1. The number of aromatic nitrogens is 1. The van der Waals surface area contributed by atoms with Crippen molar-refractivity contribution in [2.75, 3.05) is 0 Å². The third-order valence-corrected chi connectivity index (χ3v) is 5.97. The first-order chi connectivity index (χ1) is 16.8. The molecule has 2 atom stereocenters. The Kier molecular flexibility index (Phi) is 9.14. The van der Waals surface area contributed by atoms with Gasteiger partial charge in [-0.1, -0.05) is 19.4 Å². The number of carbonyl (C=O) groups excluding carboxylic acids is 1. The lowest BCUT2D eigenvalue weighted by atomic mass is 9.96. The number of rotatable bonds is 12. The molecule has 186 valence electrons. The molecule has 3 aromatic rings. The highest BCUT2D eigenvalue weighted by Gasteiger charge is 2.23. The maximum absolute atomic E-state index is 13.8. The first kappa shape index (κ1) is 26.1. The number of fused-ring (bicyclic) bond motifs is 1. The summed E-state index contributed by atoms with van der Waals surface area (Å²) in [5.41, 5.74) is 7.93. The number of benzene rings is 2. The highest BCUT2D eigenvalue weighted by Crippen LogP contribution is 2.20. The topological polar surface area (TPSA) is 104 Å². The van der Waals surface area contributed by atoms with Crippen molar-refractivity contribution in [1.82, 2.24) is 9.88 Å². The van der Waals surface area contributed by atoms with Gasteiger partial charge in [0.25, 0.3) is 5.91 Å². The van der Waals surface area contributed by atoms with Crippen LogP contribution in [0.5, 0.6) is 0 Å². The van der Waals surface area contributed by atoms with E-state index in [2.05, 4.69) is 16.8 Å². The molecule has 1 heterocycles. The number of carbonyl (C=O) groups is 1. The van der Waals surface area contributed by atoms with Crippen LogP contribution < -0.4 is 11.1 Å². The van der Waals surface area contributed by atoms with Gasteiger partial charge in [-0.3, -0.25) is 4.79 Å². The number of nitrogens with zero attached hydrogens (tertiary/aromatic N) is 1. The molecule has 6 nitrogen and oxygen atoms in total. The zero-order chi connectivity index (χ0) is 25.4. The number of amides is 1. The van der Waals surface area contributed by atoms with Crippen molar-refractivity contribution in [3.05, 3.63) is 83.2 Å². The van der Waals surface area contributed by atoms with E-state index in [9.17, 15) is 18.7 Å². The molecule has 0 aliphatic carbocycles. The third-order valence-electron chi connectivity index (χ3n) is 5.97. The number of hydrogen-bond donors (Lipinski definition) is 4. The van der Waals surface area contributed by atoms with Crippen molar-refractivity contribution in [2.24, 2.45) is 5.73 Å². The fourth-order valence-corrected chi connectivity index (χ4v) is 4.07. The van der Waals surface area contributed by atoms with Crippen LogP contribution in [0, 0.1) is 17.0 Å². The second-order valence-electron chi connectivity index (χ2n) is 8.71. The minimum Gasteiger partial charge on any atom is -0.402 e. The average molecular weight is 483 g/mol. The van der Waals surface area contributed by atoms with Gasteiger partial charge >= 0.3 is 0 Å². The van der Waals surface area contributed by atoms with E-state index >= 15 is 0 Å². The van der Waals surface area contributed by atoms with Crippen LogP contribution in [0.4, 0.5) is 8.78 Å². The van der Waals surface area contributed by atoms with Crippen molar-refractivity contribution in [2.45, 2.75) is 57.7 Å². The van der Waals surface area contributed by atoms with Crippen LogP contribution in [0.1, 0.15) is 48.5 Å². The maximum atomic E-state index is 13.8. The van der Waals surface area contributed by atoms with Gasteiger partial charge in [0.05, 0.1) is 12.1 Å². The van der Waals surface area contributed by atoms with E-state index in [0.29, 0.717) is 23.2 Å². The third kappa shape index (κ3) is 7.23. The zero-order valence-corrected chi connectivity index (χ0v) is 19.8. The fraction of sp³-hybridized carbons (Fsp3) is 0.333. The Labute approximate surface area is 204 Å². The number of hydrogen-bond acceptors (Lipinski definition) is 4. The number of nitrogens with one attached hydrogen (secondary N) is 2. The predicted octanol–water partition coefficient (Wildman–Crippen LogP) is 4.69. The molecule has 8 heteroatoms. The van der Waals surface area contributed by atoms with E-state index in [1.54, 1.807) is 6.07 Å². The molecule has 2 aromatic carbocycles. The summed E-state index contributed by atoms with van der Waals surface area (Å²) in [6.45, 7) is 2.97. The molecule has 0 radical (unpaired) electrons. The number of aryl methyl sites for hydroxylation is 1. The van der Waals surface area contributed by atoms with Gasteiger partial charge in [-0.2, -0.15) is 0 Å². The molecule has 3 rings (SSSR count). The van der Waals surface area contributed by atoms with E-state index in [-0.39, 0.29) is 18.7 Å². The monoisotopic (exact) mass is 482 g/mol. The summed E-state index contributed by atoms with van der Waals surface area (Å²) in [6.07, 6.45) is 6.07. The quantitative estimate of drug-likeness (QED) is 0.282.